The van der Waals surface area contributed by atoms with Crippen LogP contribution in [0.1, 0.15) is 35.1 Å². The first-order chi connectivity index (χ1) is 11.5. The van der Waals surface area contributed by atoms with Gasteiger partial charge in [0.25, 0.3) is 0 Å². The van der Waals surface area contributed by atoms with Crippen molar-refractivity contribution >= 4 is 27.8 Å². The van der Waals surface area contributed by atoms with Crippen molar-refractivity contribution in [2.75, 3.05) is 0 Å². The topological polar surface area (TPSA) is 72.5 Å². The van der Waals surface area contributed by atoms with E-state index in [1.807, 2.05) is 26.8 Å². The van der Waals surface area contributed by atoms with Crippen LogP contribution in [0.5, 0.6) is 0 Å². The maximum atomic E-state index is 12.4. The zero-order chi connectivity index (χ0) is 17.0. The first kappa shape index (κ1) is 15.0. The number of benzene rings is 1. The summed E-state index contributed by atoms with van der Waals surface area (Å²) in [6, 6.07) is 2.26. The van der Waals surface area contributed by atoms with E-state index in [1.165, 1.54) is 0 Å². The van der Waals surface area contributed by atoms with Crippen molar-refractivity contribution in [2.45, 2.75) is 46.1 Å². The van der Waals surface area contributed by atoms with Crippen LogP contribution in [0.4, 0.5) is 0 Å². The average Bonchev–Trinajstić information content (AvgIpc) is 3.27. The van der Waals surface area contributed by atoms with E-state index in [9.17, 15) is 9.59 Å². The zero-order valence-corrected chi connectivity index (χ0v) is 14.0. The second-order valence-electron chi connectivity index (χ2n) is 6.69. The van der Waals surface area contributed by atoms with Crippen molar-refractivity contribution < 1.29 is 13.6 Å². The molecule has 1 saturated carbocycles. The van der Waals surface area contributed by atoms with Crippen LogP contribution in [0.15, 0.2) is 26.0 Å². The highest BCUT2D eigenvalue weighted by atomic mass is 16.4. The van der Waals surface area contributed by atoms with Crippen molar-refractivity contribution in [1.29, 1.82) is 0 Å². The number of nitrogens with one attached hydrogen (secondary N) is 1. The Balaban J connectivity index is 1.89. The fraction of sp³-hybridized carbons (Fsp3) is 0.368. The summed E-state index contributed by atoms with van der Waals surface area (Å²) < 4.78 is 11.1. The molecule has 0 spiro atoms. The summed E-state index contributed by atoms with van der Waals surface area (Å²) in [5, 5.41) is 4.78. The van der Waals surface area contributed by atoms with E-state index in [4.69, 9.17) is 8.83 Å². The summed E-state index contributed by atoms with van der Waals surface area (Å²) in [7, 11) is 0. The van der Waals surface area contributed by atoms with Crippen molar-refractivity contribution in [2.24, 2.45) is 0 Å². The van der Waals surface area contributed by atoms with Gasteiger partial charge < -0.3 is 14.2 Å². The van der Waals surface area contributed by atoms with Crippen LogP contribution in [0.3, 0.4) is 0 Å². The molecule has 0 bridgehead atoms. The Morgan fingerprint density at radius 3 is 2.62 bits per heavy atom. The van der Waals surface area contributed by atoms with Gasteiger partial charge in [-0.15, -0.1) is 0 Å². The van der Waals surface area contributed by atoms with Gasteiger partial charge in [-0.3, -0.25) is 4.79 Å². The van der Waals surface area contributed by atoms with E-state index < -0.39 is 5.63 Å². The van der Waals surface area contributed by atoms with E-state index in [-0.39, 0.29) is 18.4 Å². The third kappa shape index (κ3) is 2.31. The van der Waals surface area contributed by atoms with Crippen LogP contribution in [-0.4, -0.2) is 11.9 Å². The summed E-state index contributed by atoms with van der Waals surface area (Å²) in [6.45, 7) is 5.74. The molecule has 1 aliphatic rings. The fourth-order valence-electron chi connectivity index (χ4n) is 3.19. The summed E-state index contributed by atoms with van der Waals surface area (Å²) in [6.07, 6.45) is 3.80. The van der Waals surface area contributed by atoms with Crippen LogP contribution in [0.2, 0.25) is 0 Å². The number of furan rings is 1. The molecule has 1 amide bonds. The molecular formula is C19H19NO4. The molecule has 2 heterocycles. The van der Waals surface area contributed by atoms with E-state index in [0.717, 1.165) is 45.9 Å². The highest BCUT2D eigenvalue weighted by Gasteiger charge is 2.25. The highest BCUT2D eigenvalue weighted by molar-refractivity contribution is 6.00. The van der Waals surface area contributed by atoms with Crippen molar-refractivity contribution in [1.82, 2.24) is 5.32 Å². The number of carbonyl (C=O) groups excluding carboxylic acids is 1. The van der Waals surface area contributed by atoms with Gasteiger partial charge in [-0.25, -0.2) is 4.79 Å². The van der Waals surface area contributed by atoms with Gasteiger partial charge in [0.1, 0.15) is 11.2 Å². The van der Waals surface area contributed by atoms with Gasteiger partial charge in [-0.05, 0) is 50.8 Å². The predicted octanol–water partition coefficient (Wildman–Crippen LogP) is 3.29. The van der Waals surface area contributed by atoms with Gasteiger partial charge in [0, 0.05) is 22.4 Å². The quantitative estimate of drug-likeness (QED) is 0.750. The standard InChI is InChI=1S/C19H19NO4/c1-9-8-23-17-11(3)18-14(6-13(9)17)10(2)15(19(22)24-18)7-16(21)20-12-4-5-12/h6,8,12H,4-5,7H2,1-3H3,(H,20,21). The molecule has 1 aromatic carbocycles. The Bertz CT molecular complexity index is 1040. The Morgan fingerprint density at radius 1 is 1.17 bits per heavy atom. The Labute approximate surface area is 138 Å². The minimum atomic E-state index is -0.448. The second-order valence-corrected chi connectivity index (χ2v) is 6.69. The Kier molecular flexibility index (Phi) is 3.27. The van der Waals surface area contributed by atoms with Gasteiger partial charge in [0.2, 0.25) is 5.91 Å². The second kappa shape index (κ2) is 5.23. The molecule has 0 unspecified atom stereocenters. The Morgan fingerprint density at radius 2 is 1.92 bits per heavy atom. The summed E-state index contributed by atoms with van der Waals surface area (Å²) in [5.41, 5.74) is 3.90. The van der Waals surface area contributed by atoms with Crippen LogP contribution in [-0.2, 0) is 11.2 Å². The van der Waals surface area contributed by atoms with Gasteiger partial charge in [0.05, 0.1) is 18.2 Å². The van der Waals surface area contributed by atoms with Gasteiger partial charge in [0.15, 0.2) is 0 Å². The monoisotopic (exact) mass is 325 g/mol. The van der Waals surface area contributed by atoms with Crippen LogP contribution < -0.4 is 10.9 Å². The first-order valence-corrected chi connectivity index (χ1v) is 8.18. The van der Waals surface area contributed by atoms with Crippen molar-refractivity contribution in [3.8, 4) is 0 Å². The molecule has 5 nitrogen and oxygen atoms in total. The molecule has 5 heteroatoms. The van der Waals surface area contributed by atoms with E-state index in [1.54, 1.807) is 6.26 Å². The third-order valence-electron chi connectivity index (χ3n) is 4.82. The lowest BCUT2D eigenvalue weighted by molar-refractivity contribution is -0.120. The molecule has 4 rings (SSSR count). The van der Waals surface area contributed by atoms with Crippen LogP contribution in [0.25, 0.3) is 21.9 Å². The molecule has 0 aliphatic heterocycles. The lowest BCUT2D eigenvalue weighted by Gasteiger charge is -2.10. The zero-order valence-electron chi connectivity index (χ0n) is 14.0. The number of carbonyl (C=O) groups is 1. The van der Waals surface area contributed by atoms with E-state index in [0.29, 0.717) is 11.1 Å². The maximum absolute atomic E-state index is 12.4. The molecule has 3 aromatic rings. The molecule has 1 aliphatic carbocycles. The SMILES string of the molecule is Cc1coc2c(C)c3oc(=O)c(CC(=O)NC4CC4)c(C)c3cc12. The number of fused-ring (bicyclic) bond motifs is 2. The average molecular weight is 325 g/mol. The van der Waals surface area contributed by atoms with Gasteiger partial charge >= 0.3 is 5.63 Å². The maximum Gasteiger partial charge on any atom is 0.340 e. The molecule has 1 fully saturated rings. The van der Waals surface area contributed by atoms with Crippen LogP contribution in [0, 0.1) is 20.8 Å². The first-order valence-electron chi connectivity index (χ1n) is 8.18. The number of hydrogen-bond donors (Lipinski definition) is 1. The number of amides is 1. The van der Waals surface area contributed by atoms with Crippen LogP contribution >= 0.6 is 0 Å². The summed E-state index contributed by atoms with van der Waals surface area (Å²) in [5.74, 6) is -0.121. The molecule has 124 valence electrons. The van der Waals surface area contributed by atoms with Gasteiger partial charge in [-0.1, -0.05) is 0 Å². The summed E-state index contributed by atoms with van der Waals surface area (Å²) >= 11 is 0. The largest absolute Gasteiger partial charge is 0.464 e. The summed E-state index contributed by atoms with van der Waals surface area (Å²) in [4.78, 5) is 24.5. The lowest BCUT2D eigenvalue weighted by Crippen LogP contribution is -2.29. The fourth-order valence-corrected chi connectivity index (χ4v) is 3.19. The molecule has 0 radical (unpaired) electrons. The highest BCUT2D eigenvalue weighted by Crippen LogP contribution is 2.32. The lowest BCUT2D eigenvalue weighted by atomic mass is 9.99. The molecule has 1 N–H and O–H groups in total. The van der Waals surface area contributed by atoms with Gasteiger partial charge in [-0.2, -0.15) is 0 Å². The molecule has 2 aromatic heterocycles. The van der Waals surface area contributed by atoms with E-state index in [2.05, 4.69) is 5.32 Å². The molecule has 0 saturated heterocycles. The van der Waals surface area contributed by atoms with Crippen molar-refractivity contribution in [3.63, 3.8) is 0 Å². The molecular weight excluding hydrogens is 306 g/mol. The normalized spacial score (nSPS) is 14.5. The molecule has 24 heavy (non-hydrogen) atoms. The third-order valence-corrected chi connectivity index (χ3v) is 4.82. The smallest absolute Gasteiger partial charge is 0.340 e. The predicted molar refractivity (Wildman–Crippen MR) is 91.3 cm³/mol. The van der Waals surface area contributed by atoms with E-state index >= 15 is 0 Å². The number of aryl methyl sites for hydroxylation is 3. The minimum Gasteiger partial charge on any atom is -0.464 e. The molecule has 0 atom stereocenters. The minimum absolute atomic E-state index is 0.0576. The van der Waals surface area contributed by atoms with Crippen molar-refractivity contribution in [3.05, 3.63) is 45.0 Å². The number of rotatable bonds is 3. The number of hydrogen-bond acceptors (Lipinski definition) is 4. The Hall–Kier alpha value is -2.56.